The molecular weight excluding hydrogens is 304 g/mol. The summed E-state index contributed by atoms with van der Waals surface area (Å²) in [6.45, 7) is -0.333. The van der Waals surface area contributed by atoms with E-state index < -0.39 is 5.97 Å². The van der Waals surface area contributed by atoms with E-state index >= 15 is 0 Å². The molecule has 0 aliphatic heterocycles. The third kappa shape index (κ3) is 3.02. The summed E-state index contributed by atoms with van der Waals surface area (Å²) in [5.74, 6) is -0.914. The molecule has 22 heavy (non-hydrogen) atoms. The Hall–Kier alpha value is -2.59. The number of halogens is 1. The van der Waals surface area contributed by atoms with Gasteiger partial charge in [-0.15, -0.1) is 0 Å². The molecule has 0 aliphatic carbocycles. The highest BCUT2D eigenvalue weighted by molar-refractivity contribution is 6.31. The minimum absolute atomic E-state index is 0.0399. The molecule has 0 bridgehead atoms. The van der Waals surface area contributed by atoms with Gasteiger partial charge in [0.15, 0.2) is 12.4 Å². The molecule has 0 radical (unpaired) electrons. The highest BCUT2D eigenvalue weighted by atomic mass is 35.5. The number of hydrogen-bond acceptors (Lipinski definition) is 4. The fourth-order valence-corrected chi connectivity index (χ4v) is 2.20. The molecule has 0 saturated heterocycles. The van der Waals surface area contributed by atoms with Crippen LogP contribution < -0.4 is 0 Å². The van der Waals surface area contributed by atoms with E-state index in [4.69, 9.17) is 20.8 Å². The standard InChI is InChI=1S/C17H11ClO4/c18-13-6-7-15-12(8-13)9-16(22-15)17(20)21-10-14(19)11-4-2-1-3-5-11/h1-9H,10H2. The first kappa shape index (κ1) is 14.4. The summed E-state index contributed by atoms with van der Waals surface area (Å²) in [5, 5.41) is 1.25. The maximum atomic E-state index is 11.9. The summed E-state index contributed by atoms with van der Waals surface area (Å²) in [6, 6.07) is 15.2. The van der Waals surface area contributed by atoms with Gasteiger partial charge in [-0.3, -0.25) is 4.79 Å². The summed E-state index contributed by atoms with van der Waals surface area (Å²) in [4.78, 5) is 23.8. The van der Waals surface area contributed by atoms with Crippen molar-refractivity contribution in [2.45, 2.75) is 0 Å². The van der Waals surface area contributed by atoms with E-state index in [0.29, 0.717) is 21.6 Å². The Kier molecular flexibility index (Phi) is 3.94. The van der Waals surface area contributed by atoms with E-state index in [1.54, 1.807) is 42.5 Å². The average Bonchev–Trinajstić information content (AvgIpc) is 2.96. The number of hydrogen-bond donors (Lipinski definition) is 0. The first-order valence-electron chi connectivity index (χ1n) is 6.58. The summed E-state index contributed by atoms with van der Waals surface area (Å²) in [5.41, 5.74) is 1.03. The van der Waals surface area contributed by atoms with Crippen molar-refractivity contribution < 1.29 is 18.7 Å². The highest BCUT2D eigenvalue weighted by Crippen LogP contribution is 2.23. The van der Waals surface area contributed by atoms with Gasteiger partial charge in [-0.25, -0.2) is 4.79 Å². The highest BCUT2D eigenvalue weighted by Gasteiger charge is 2.16. The van der Waals surface area contributed by atoms with Gasteiger partial charge in [0.1, 0.15) is 5.58 Å². The summed E-state index contributed by atoms with van der Waals surface area (Å²) in [7, 11) is 0. The van der Waals surface area contributed by atoms with Crippen LogP contribution in [-0.2, 0) is 4.74 Å². The number of rotatable bonds is 4. The molecule has 0 amide bonds. The average molecular weight is 315 g/mol. The predicted molar refractivity (Wildman–Crippen MR) is 82.3 cm³/mol. The van der Waals surface area contributed by atoms with Gasteiger partial charge in [0.25, 0.3) is 0 Å². The third-order valence-electron chi connectivity index (χ3n) is 3.11. The number of ketones is 1. The molecule has 1 aromatic heterocycles. The van der Waals surface area contributed by atoms with Crippen LogP contribution in [0.1, 0.15) is 20.9 Å². The lowest BCUT2D eigenvalue weighted by atomic mass is 10.1. The summed E-state index contributed by atoms with van der Waals surface area (Å²) in [6.07, 6.45) is 0. The third-order valence-corrected chi connectivity index (χ3v) is 3.34. The number of Topliss-reactive ketones (excluding diaryl/α,β-unsaturated/α-hetero) is 1. The number of carbonyl (C=O) groups excluding carboxylic acids is 2. The molecule has 0 fully saturated rings. The molecule has 0 saturated carbocycles. The number of carbonyl (C=O) groups is 2. The lowest BCUT2D eigenvalue weighted by Crippen LogP contribution is -2.13. The molecule has 0 atom stereocenters. The van der Waals surface area contributed by atoms with E-state index in [1.807, 2.05) is 6.07 Å². The Bertz CT molecular complexity index is 836. The van der Waals surface area contributed by atoms with Gasteiger partial charge in [-0.05, 0) is 24.3 Å². The van der Waals surface area contributed by atoms with Crippen LogP contribution in [0.4, 0.5) is 0 Å². The lowest BCUT2D eigenvalue weighted by molar-refractivity contribution is 0.0446. The molecule has 0 unspecified atom stereocenters. The van der Waals surface area contributed by atoms with Crippen LogP contribution in [0.5, 0.6) is 0 Å². The van der Waals surface area contributed by atoms with Gasteiger partial charge in [0, 0.05) is 16.0 Å². The number of ether oxygens (including phenoxy) is 1. The zero-order chi connectivity index (χ0) is 15.5. The molecule has 4 nitrogen and oxygen atoms in total. The molecule has 0 spiro atoms. The van der Waals surface area contributed by atoms with Crippen molar-refractivity contribution in [1.29, 1.82) is 0 Å². The van der Waals surface area contributed by atoms with Crippen LogP contribution >= 0.6 is 11.6 Å². The molecule has 1 heterocycles. The van der Waals surface area contributed by atoms with E-state index in [9.17, 15) is 9.59 Å². The molecule has 3 aromatic rings. The predicted octanol–water partition coefficient (Wildman–Crippen LogP) is 4.13. The van der Waals surface area contributed by atoms with Gasteiger partial charge < -0.3 is 9.15 Å². The molecule has 0 aliphatic rings. The van der Waals surface area contributed by atoms with E-state index in [-0.39, 0.29) is 18.2 Å². The van der Waals surface area contributed by atoms with Gasteiger partial charge >= 0.3 is 5.97 Å². The first-order chi connectivity index (χ1) is 10.6. The van der Waals surface area contributed by atoms with Crippen LogP contribution in [0, 0.1) is 0 Å². The zero-order valence-corrected chi connectivity index (χ0v) is 12.2. The van der Waals surface area contributed by atoms with Crippen molar-refractivity contribution in [2.24, 2.45) is 0 Å². The van der Waals surface area contributed by atoms with Crippen LogP contribution in [-0.4, -0.2) is 18.4 Å². The normalized spacial score (nSPS) is 10.6. The molecule has 5 heteroatoms. The number of fused-ring (bicyclic) bond motifs is 1. The number of benzene rings is 2. The van der Waals surface area contributed by atoms with Gasteiger partial charge in [0.2, 0.25) is 5.76 Å². The van der Waals surface area contributed by atoms with Gasteiger partial charge in [-0.1, -0.05) is 41.9 Å². The van der Waals surface area contributed by atoms with Gasteiger partial charge in [-0.2, -0.15) is 0 Å². The minimum atomic E-state index is -0.684. The largest absolute Gasteiger partial charge is 0.451 e. The molecular formula is C17H11ClO4. The van der Waals surface area contributed by atoms with Crippen molar-refractivity contribution in [3.63, 3.8) is 0 Å². The number of furan rings is 1. The van der Waals surface area contributed by atoms with Crippen molar-refractivity contribution >= 4 is 34.3 Å². The van der Waals surface area contributed by atoms with Crippen LogP contribution in [0.2, 0.25) is 5.02 Å². The van der Waals surface area contributed by atoms with Crippen molar-refractivity contribution in [3.8, 4) is 0 Å². The second kappa shape index (κ2) is 6.03. The van der Waals surface area contributed by atoms with Crippen LogP contribution in [0.25, 0.3) is 11.0 Å². The topological polar surface area (TPSA) is 56.5 Å². The van der Waals surface area contributed by atoms with E-state index in [1.165, 1.54) is 6.07 Å². The minimum Gasteiger partial charge on any atom is -0.451 e. The van der Waals surface area contributed by atoms with Crippen molar-refractivity contribution in [2.75, 3.05) is 6.61 Å². The van der Waals surface area contributed by atoms with Crippen molar-refractivity contribution in [3.05, 3.63) is 70.9 Å². The molecule has 0 N–H and O–H groups in total. The van der Waals surface area contributed by atoms with E-state index in [0.717, 1.165) is 0 Å². The van der Waals surface area contributed by atoms with E-state index in [2.05, 4.69) is 0 Å². The fraction of sp³-hybridized carbons (Fsp3) is 0.0588. The summed E-state index contributed by atoms with van der Waals surface area (Å²) < 4.78 is 10.4. The Labute approximate surface area is 131 Å². The maximum absolute atomic E-state index is 11.9. The second-order valence-corrected chi connectivity index (χ2v) is 5.09. The second-order valence-electron chi connectivity index (χ2n) is 4.66. The van der Waals surface area contributed by atoms with Crippen molar-refractivity contribution in [1.82, 2.24) is 0 Å². The first-order valence-corrected chi connectivity index (χ1v) is 6.96. The smallest absolute Gasteiger partial charge is 0.374 e. The Balaban J connectivity index is 1.69. The lowest BCUT2D eigenvalue weighted by Gasteiger charge is -2.02. The molecule has 3 rings (SSSR count). The zero-order valence-electron chi connectivity index (χ0n) is 11.4. The molecule has 2 aromatic carbocycles. The number of esters is 1. The summed E-state index contributed by atoms with van der Waals surface area (Å²) >= 11 is 5.88. The van der Waals surface area contributed by atoms with Gasteiger partial charge in [0.05, 0.1) is 0 Å². The van der Waals surface area contributed by atoms with Crippen LogP contribution in [0.15, 0.2) is 59.0 Å². The SMILES string of the molecule is O=C(COC(=O)c1cc2cc(Cl)ccc2o1)c1ccccc1. The quantitative estimate of drug-likeness (QED) is 0.537. The fourth-order valence-electron chi connectivity index (χ4n) is 2.02. The van der Waals surface area contributed by atoms with Crippen LogP contribution in [0.3, 0.4) is 0 Å². The Morgan fingerprint density at radius 1 is 1.05 bits per heavy atom. The molecule has 110 valence electrons. The monoisotopic (exact) mass is 314 g/mol. The maximum Gasteiger partial charge on any atom is 0.374 e. The Morgan fingerprint density at radius 3 is 2.59 bits per heavy atom. The Morgan fingerprint density at radius 2 is 1.82 bits per heavy atom.